The van der Waals surface area contributed by atoms with Crippen LogP contribution in [0, 0.1) is 0 Å². The van der Waals surface area contributed by atoms with Crippen molar-refractivity contribution >= 4 is 29.3 Å². The van der Waals surface area contributed by atoms with Gasteiger partial charge in [0.25, 0.3) is 0 Å². The van der Waals surface area contributed by atoms with Gasteiger partial charge in [0, 0.05) is 5.92 Å². The molecule has 0 saturated heterocycles. The van der Waals surface area contributed by atoms with Gasteiger partial charge in [-0.2, -0.15) is 0 Å². The highest BCUT2D eigenvalue weighted by Gasteiger charge is 2.15. The molecule has 0 fully saturated rings. The number of amides is 1. The molecule has 24 heavy (non-hydrogen) atoms. The summed E-state index contributed by atoms with van der Waals surface area (Å²) < 4.78 is 4.99. The van der Waals surface area contributed by atoms with E-state index in [1.165, 1.54) is 11.8 Å². The van der Waals surface area contributed by atoms with E-state index in [-0.39, 0.29) is 24.2 Å². The quantitative estimate of drug-likeness (QED) is 0.590. The molecule has 0 saturated carbocycles. The third kappa shape index (κ3) is 4.82. The first-order chi connectivity index (χ1) is 11.5. The number of nitrogens with zero attached hydrogens (tertiary/aromatic N) is 2. The molecule has 0 bridgehead atoms. The van der Waals surface area contributed by atoms with Crippen LogP contribution in [-0.2, 0) is 9.53 Å². The van der Waals surface area contributed by atoms with E-state index < -0.39 is 5.97 Å². The predicted molar refractivity (Wildman–Crippen MR) is 92.2 cm³/mol. The number of thioether (sulfide) groups is 1. The van der Waals surface area contributed by atoms with Gasteiger partial charge in [0.05, 0.1) is 23.6 Å². The number of esters is 1. The average Bonchev–Trinajstić information content (AvgIpc) is 3.03. The summed E-state index contributed by atoms with van der Waals surface area (Å²) in [6.45, 7) is 6.03. The largest absolute Gasteiger partial charge is 0.462 e. The van der Waals surface area contributed by atoms with Crippen molar-refractivity contribution < 1.29 is 14.3 Å². The van der Waals surface area contributed by atoms with Crippen LogP contribution < -0.4 is 5.32 Å². The average molecular weight is 348 g/mol. The maximum absolute atomic E-state index is 12.1. The number of carbonyl (C=O) groups is 2. The Hall–Kier alpha value is -2.35. The predicted octanol–water partition coefficient (Wildman–Crippen LogP) is 2.84. The lowest BCUT2D eigenvalue weighted by Crippen LogP contribution is -2.17. The van der Waals surface area contributed by atoms with E-state index in [4.69, 9.17) is 4.74 Å². The van der Waals surface area contributed by atoms with Crippen LogP contribution in [0.25, 0.3) is 0 Å². The number of hydrogen-bond donors (Lipinski definition) is 2. The Morgan fingerprint density at radius 2 is 2.08 bits per heavy atom. The van der Waals surface area contributed by atoms with Gasteiger partial charge in [0.15, 0.2) is 0 Å². The lowest BCUT2D eigenvalue weighted by molar-refractivity contribution is -0.113. The molecule has 1 aromatic carbocycles. The van der Waals surface area contributed by atoms with E-state index >= 15 is 0 Å². The van der Waals surface area contributed by atoms with Crippen molar-refractivity contribution in [1.29, 1.82) is 0 Å². The van der Waals surface area contributed by atoms with Crippen molar-refractivity contribution in [3.63, 3.8) is 0 Å². The zero-order chi connectivity index (χ0) is 17.5. The highest BCUT2D eigenvalue weighted by Crippen LogP contribution is 2.19. The zero-order valence-corrected chi connectivity index (χ0v) is 14.6. The maximum atomic E-state index is 12.1. The van der Waals surface area contributed by atoms with Crippen LogP contribution in [0.5, 0.6) is 0 Å². The molecule has 0 radical (unpaired) electrons. The van der Waals surface area contributed by atoms with Gasteiger partial charge in [0.1, 0.15) is 5.82 Å². The van der Waals surface area contributed by atoms with Crippen molar-refractivity contribution in [3.8, 4) is 0 Å². The summed E-state index contributed by atoms with van der Waals surface area (Å²) in [6.07, 6.45) is 0. The molecule has 0 aliphatic carbocycles. The lowest BCUT2D eigenvalue weighted by atomic mass is 10.2. The van der Waals surface area contributed by atoms with Gasteiger partial charge < -0.3 is 10.1 Å². The van der Waals surface area contributed by atoms with Gasteiger partial charge in [-0.15, -0.1) is 5.10 Å². The molecule has 1 heterocycles. The number of anilines is 1. The molecule has 2 rings (SSSR count). The van der Waals surface area contributed by atoms with Crippen LogP contribution in [0.3, 0.4) is 0 Å². The van der Waals surface area contributed by atoms with Gasteiger partial charge in [-0.3, -0.25) is 9.89 Å². The molecule has 1 aromatic heterocycles. The van der Waals surface area contributed by atoms with Gasteiger partial charge >= 0.3 is 5.97 Å². The first kappa shape index (κ1) is 18.0. The number of aromatic amines is 1. The number of ether oxygens (including phenoxy) is 1. The van der Waals surface area contributed by atoms with Crippen LogP contribution in [0.2, 0.25) is 0 Å². The Bertz CT molecular complexity index is 715. The van der Waals surface area contributed by atoms with Gasteiger partial charge in [-0.05, 0) is 19.1 Å². The topological polar surface area (TPSA) is 97.0 Å². The van der Waals surface area contributed by atoms with Crippen LogP contribution in [-0.4, -0.2) is 39.4 Å². The minimum atomic E-state index is -0.461. The number of nitrogens with one attached hydrogen (secondary N) is 2. The summed E-state index contributed by atoms with van der Waals surface area (Å²) in [5.41, 5.74) is 0.761. The third-order valence-electron chi connectivity index (χ3n) is 3.06. The SMILES string of the molecule is CCOC(=O)c1ccccc1NC(=O)CSc1n[nH]c(C(C)C)n1. The maximum Gasteiger partial charge on any atom is 0.340 e. The van der Waals surface area contributed by atoms with Crippen LogP contribution in [0.4, 0.5) is 5.69 Å². The van der Waals surface area contributed by atoms with E-state index in [1.807, 2.05) is 13.8 Å². The standard InChI is InChI=1S/C16H20N4O3S/c1-4-23-15(22)11-7-5-6-8-12(11)17-13(21)9-24-16-18-14(10(2)3)19-20-16/h5-8,10H,4,9H2,1-3H3,(H,17,21)(H,18,19,20). The van der Waals surface area contributed by atoms with Gasteiger partial charge in [-0.1, -0.05) is 37.7 Å². The number of benzene rings is 1. The first-order valence-corrected chi connectivity index (χ1v) is 8.61. The molecule has 7 nitrogen and oxygen atoms in total. The third-order valence-corrected chi connectivity index (χ3v) is 3.91. The second-order valence-electron chi connectivity index (χ2n) is 5.26. The van der Waals surface area contributed by atoms with E-state index in [9.17, 15) is 9.59 Å². The van der Waals surface area contributed by atoms with Crippen molar-refractivity contribution in [1.82, 2.24) is 15.2 Å². The molecule has 2 N–H and O–H groups in total. The van der Waals surface area contributed by atoms with Gasteiger partial charge in [0.2, 0.25) is 11.1 Å². The minimum absolute atomic E-state index is 0.145. The van der Waals surface area contributed by atoms with Gasteiger partial charge in [-0.25, -0.2) is 9.78 Å². The molecule has 2 aromatic rings. The monoisotopic (exact) mass is 348 g/mol. The van der Waals surface area contributed by atoms with Crippen LogP contribution in [0.1, 0.15) is 42.9 Å². The summed E-state index contributed by atoms with van der Waals surface area (Å²) in [5.74, 6) is 0.471. The number of carbonyl (C=O) groups excluding carboxylic acids is 2. The fourth-order valence-electron chi connectivity index (χ4n) is 1.88. The Morgan fingerprint density at radius 3 is 2.75 bits per heavy atom. The highest BCUT2D eigenvalue weighted by atomic mass is 32.2. The van der Waals surface area contributed by atoms with Crippen molar-refractivity contribution in [3.05, 3.63) is 35.7 Å². The van der Waals surface area contributed by atoms with E-state index in [1.54, 1.807) is 31.2 Å². The normalized spacial score (nSPS) is 10.7. The second-order valence-corrected chi connectivity index (χ2v) is 6.20. The minimum Gasteiger partial charge on any atom is -0.462 e. The molecule has 0 unspecified atom stereocenters. The molecular weight excluding hydrogens is 328 g/mol. The Labute approximate surface area is 144 Å². The Balaban J connectivity index is 1.96. The molecule has 8 heteroatoms. The van der Waals surface area contributed by atoms with Crippen LogP contribution >= 0.6 is 11.8 Å². The smallest absolute Gasteiger partial charge is 0.340 e. The van der Waals surface area contributed by atoms with E-state index in [2.05, 4.69) is 20.5 Å². The summed E-state index contributed by atoms with van der Waals surface area (Å²) >= 11 is 1.23. The fraction of sp³-hybridized carbons (Fsp3) is 0.375. The van der Waals surface area contributed by atoms with E-state index in [0.29, 0.717) is 16.4 Å². The van der Waals surface area contributed by atoms with Crippen molar-refractivity contribution in [2.24, 2.45) is 0 Å². The lowest BCUT2D eigenvalue weighted by Gasteiger charge is -2.09. The number of H-pyrrole nitrogens is 1. The first-order valence-electron chi connectivity index (χ1n) is 7.62. The Morgan fingerprint density at radius 1 is 1.33 bits per heavy atom. The summed E-state index contributed by atoms with van der Waals surface area (Å²) in [6, 6.07) is 6.75. The Kier molecular flexibility index (Phi) is 6.36. The number of aromatic nitrogens is 3. The molecule has 0 atom stereocenters. The molecular formula is C16H20N4O3S. The fourth-order valence-corrected chi connectivity index (χ4v) is 2.48. The number of rotatable bonds is 7. The summed E-state index contributed by atoms with van der Waals surface area (Å²) in [5, 5.41) is 10.1. The van der Waals surface area contributed by atoms with Crippen molar-refractivity contribution in [2.45, 2.75) is 31.8 Å². The van der Waals surface area contributed by atoms with Crippen molar-refractivity contribution in [2.75, 3.05) is 17.7 Å². The molecule has 0 aliphatic rings. The zero-order valence-electron chi connectivity index (χ0n) is 13.8. The number of hydrogen-bond acceptors (Lipinski definition) is 6. The molecule has 0 aliphatic heterocycles. The summed E-state index contributed by atoms with van der Waals surface area (Å²) in [7, 11) is 0. The highest BCUT2D eigenvalue weighted by molar-refractivity contribution is 7.99. The molecule has 0 spiro atoms. The van der Waals surface area contributed by atoms with Crippen LogP contribution in [0.15, 0.2) is 29.4 Å². The molecule has 128 valence electrons. The number of para-hydroxylation sites is 1. The second kappa shape index (κ2) is 8.49. The van der Waals surface area contributed by atoms with E-state index in [0.717, 1.165) is 5.82 Å². The molecule has 1 amide bonds. The summed E-state index contributed by atoms with van der Waals surface area (Å²) in [4.78, 5) is 28.3.